The van der Waals surface area contributed by atoms with Crippen molar-refractivity contribution in [3.05, 3.63) is 0 Å². The molecule has 0 atom stereocenters. The smallest absolute Gasteiger partial charge is 0.0579 e. The standard InChI is InChI=1S/C13H24O.C2H6/c1-11-7-9-13(10-8-11)14-12-5-3-2-4-6-12;1-2/h11-13H,2-10H2,1H3;1-2H3. The van der Waals surface area contributed by atoms with E-state index < -0.39 is 0 Å². The average molecular weight is 226 g/mol. The average Bonchev–Trinajstić information content (AvgIpc) is 2.36. The first-order valence-electron chi connectivity index (χ1n) is 7.50. The monoisotopic (exact) mass is 226 g/mol. The summed E-state index contributed by atoms with van der Waals surface area (Å²) >= 11 is 0. The molecule has 0 unspecified atom stereocenters. The van der Waals surface area contributed by atoms with Crippen LogP contribution in [0.25, 0.3) is 0 Å². The van der Waals surface area contributed by atoms with Gasteiger partial charge in [0.05, 0.1) is 12.2 Å². The van der Waals surface area contributed by atoms with Crippen molar-refractivity contribution >= 4 is 0 Å². The Balaban J connectivity index is 0.000000606. The third-order valence-electron chi connectivity index (χ3n) is 3.90. The summed E-state index contributed by atoms with van der Waals surface area (Å²) in [5, 5.41) is 0. The van der Waals surface area contributed by atoms with Crippen LogP contribution in [-0.4, -0.2) is 12.2 Å². The molecule has 2 fully saturated rings. The Bertz CT molecular complexity index is 153. The minimum atomic E-state index is 0.606. The second-order valence-electron chi connectivity index (χ2n) is 5.28. The first kappa shape index (κ1) is 14.0. The van der Waals surface area contributed by atoms with Gasteiger partial charge < -0.3 is 4.74 Å². The molecule has 1 heteroatoms. The minimum absolute atomic E-state index is 0.606. The van der Waals surface area contributed by atoms with Crippen molar-refractivity contribution in [2.45, 2.75) is 90.8 Å². The van der Waals surface area contributed by atoms with E-state index in [2.05, 4.69) is 6.92 Å². The fraction of sp³-hybridized carbons (Fsp3) is 1.00. The molecule has 0 aliphatic heterocycles. The SMILES string of the molecule is CC.CC1CCC(OC2CCCCC2)CC1. The molecule has 0 aromatic heterocycles. The molecule has 0 heterocycles. The molecular weight excluding hydrogens is 196 g/mol. The van der Waals surface area contributed by atoms with Gasteiger partial charge in [0, 0.05) is 0 Å². The van der Waals surface area contributed by atoms with Crippen LogP contribution in [0.5, 0.6) is 0 Å². The molecule has 2 aliphatic rings. The first-order chi connectivity index (χ1) is 7.84. The van der Waals surface area contributed by atoms with E-state index >= 15 is 0 Å². The molecule has 0 spiro atoms. The highest BCUT2D eigenvalue weighted by molar-refractivity contribution is 4.73. The topological polar surface area (TPSA) is 9.23 Å². The highest BCUT2D eigenvalue weighted by Crippen LogP contribution is 2.29. The predicted octanol–water partition coefficient (Wildman–Crippen LogP) is 4.94. The van der Waals surface area contributed by atoms with Crippen molar-refractivity contribution in [3.8, 4) is 0 Å². The molecule has 0 N–H and O–H groups in total. The Kier molecular flexibility index (Phi) is 7.11. The summed E-state index contributed by atoms with van der Waals surface area (Å²) in [7, 11) is 0. The quantitative estimate of drug-likeness (QED) is 0.648. The Morgan fingerprint density at radius 3 is 1.75 bits per heavy atom. The maximum Gasteiger partial charge on any atom is 0.0579 e. The van der Waals surface area contributed by atoms with E-state index in [1.807, 2.05) is 13.8 Å². The van der Waals surface area contributed by atoms with Crippen LogP contribution in [0.1, 0.15) is 78.6 Å². The van der Waals surface area contributed by atoms with Crippen LogP contribution in [0, 0.1) is 5.92 Å². The lowest BCUT2D eigenvalue weighted by Gasteiger charge is -2.31. The fourth-order valence-electron chi connectivity index (χ4n) is 2.84. The van der Waals surface area contributed by atoms with Gasteiger partial charge in [-0.3, -0.25) is 0 Å². The maximum atomic E-state index is 6.18. The van der Waals surface area contributed by atoms with Crippen LogP contribution in [0.4, 0.5) is 0 Å². The van der Waals surface area contributed by atoms with Crippen molar-refractivity contribution in [2.75, 3.05) is 0 Å². The van der Waals surface area contributed by atoms with Gasteiger partial charge in [-0.1, -0.05) is 40.0 Å². The van der Waals surface area contributed by atoms with Gasteiger partial charge in [0.25, 0.3) is 0 Å². The number of hydrogen-bond donors (Lipinski definition) is 0. The van der Waals surface area contributed by atoms with E-state index in [-0.39, 0.29) is 0 Å². The molecule has 96 valence electrons. The Morgan fingerprint density at radius 2 is 1.19 bits per heavy atom. The van der Waals surface area contributed by atoms with Crippen molar-refractivity contribution in [3.63, 3.8) is 0 Å². The third-order valence-corrected chi connectivity index (χ3v) is 3.90. The zero-order chi connectivity index (χ0) is 11.8. The lowest BCUT2D eigenvalue weighted by molar-refractivity contribution is -0.0499. The molecule has 0 bridgehead atoms. The van der Waals surface area contributed by atoms with Crippen LogP contribution in [0.15, 0.2) is 0 Å². The number of ether oxygens (including phenoxy) is 1. The number of hydrogen-bond acceptors (Lipinski definition) is 1. The van der Waals surface area contributed by atoms with Crippen LogP contribution in [0.3, 0.4) is 0 Å². The summed E-state index contributed by atoms with van der Waals surface area (Å²) in [6.07, 6.45) is 13.5. The molecule has 2 aliphatic carbocycles. The third kappa shape index (κ3) is 4.86. The summed E-state index contributed by atoms with van der Waals surface area (Å²) in [6, 6.07) is 0. The largest absolute Gasteiger partial charge is 0.375 e. The van der Waals surface area contributed by atoms with Gasteiger partial charge in [-0.25, -0.2) is 0 Å². The Hall–Kier alpha value is -0.0400. The van der Waals surface area contributed by atoms with Crippen LogP contribution in [-0.2, 0) is 4.74 Å². The lowest BCUT2D eigenvalue weighted by Crippen LogP contribution is -2.27. The van der Waals surface area contributed by atoms with Gasteiger partial charge >= 0.3 is 0 Å². The summed E-state index contributed by atoms with van der Waals surface area (Å²) in [6.45, 7) is 6.37. The van der Waals surface area contributed by atoms with Crippen molar-refractivity contribution in [1.29, 1.82) is 0 Å². The Labute approximate surface area is 102 Å². The van der Waals surface area contributed by atoms with Gasteiger partial charge in [-0.05, 0) is 44.4 Å². The van der Waals surface area contributed by atoms with Crippen LogP contribution < -0.4 is 0 Å². The van der Waals surface area contributed by atoms with E-state index in [4.69, 9.17) is 4.74 Å². The number of rotatable bonds is 2. The van der Waals surface area contributed by atoms with E-state index in [9.17, 15) is 0 Å². The van der Waals surface area contributed by atoms with E-state index in [0.29, 0.717) is 12.2 Å². The van der Waals surface area contributed by atoms with Crippen LogP contribution in [0.2, 0.25) is 0 Å². The zero-order valence-corrected chi connectivity index (χ0v) is 11.5. The van der Waals surface area contributed by atoms with E-state index in [1.54, 1.807) is 0 Å². The second-order valence-corrected chi connectivity index (χ2v) is 5.28. The summed E-state index contributed by atoms with van der Waals surface area (Å²) in [4.78, 5) is 0. The van der Waals surface area contributed by atoms with E-state index in [0.717, 1.165) is 5.92 Å². The van der Waals surface area contributed by atoms with Gasteiger partial charge in [0.1, 0.15) is 0 Å². The molecular formula is C15H30O. The van der Waals surface area contributed by atoms with Crippen molar-refractivity contribution in [1.82, 2.24) is 0 Å². The van der Waals surface area contributed by atoms with Gasteiger partial charge in [0.15, 0.2) is 0 Å². The van der Waals surface area contributed by atoms with Gasteiger partial charge in [0.2, 0.25) is 0 Å². The highest BCUT2D eigenvalue weighted by Gasteiger charge is 2.23. The predicted molar refractivity (Wildman–Crippen MR) is 70.7 cm³/mol. The van der Waals surface area contributed by atoms with Gasteiger partial charge in [-0.2, -0.15) is 0 Å². The zero-order valence-electron chi connectivity index (χ0n) is 11.5. The highest BCUT2D eigenvalue weighted by atomic mass is 16.5. The second kappa shape index (κ2) is 8.11. The van der Waals surface area contributed by atoms with E-state index in [1.165, 1.54) is 57.8 Å². The molecule has 16 heavy (non-hydrogen) atoms. The minimum Gasteiger partial charge on any atom is -0.375 e. The molecule has 1 nitrogen and oxygen atoms in total. The molecule has 2 rings (SSSR count). The van der Waals surface area contributed by atoms with Crippen molar-refractivity contribution in [2.24, 2.45) is 5.92 Å². The molecule has 0 amide bonds. The fourth-order valence-corrected chi connectivity index (χ4v) is 2.84. The molecule has 0 radical (unpaired) electrons. The Morgan fingerprint density at radius 1 is 0.688 bits per heavy atom. The summed E-state index contributed by atoms with van der Waals surface area (Å²) < 4.78 is 6.18. The lowest BCUT2D eigenvalue weighted by atomic mass is 9.88. The van der Waals surface area contributed by atoms with Gasteiger partial charge in [-0.15, -0.1) is 0 Å². The summed E-state index contributed by atoms with van der Waals surface area (Å²) in [5.41, 5.74) is 0. The molecule has 0 aromatic rings. The maximum absolute atomic E-state index is 6.18. The van der Waals surface area contributed by atoms with Crippen LogP contribution >= 0.6 is 0 Å². The molecule has 2 saturated carbocycles. The normalized spacial score (nSPS) is 31.7. The van der Waals surface area contributed by atoms with Crippen molar-refractivity contribution < 1.29 is 4.74 Å². The first-order valence-corrected chi connectivity index (χ1v) is 7.50. The summed E-state index contributed by atoms with van der Waals surface area (Å²) in [5.74, 6) is 0.946. The molecule has 0 saturated heterocycles. The molecule has 0 aromatic carbocycles.